The molecule has 92 valence electrons. The van der Waals surface area contributed by atoms with E-state index in [2.05, 4.69) is 20.7 Å². The molecule has 0 atom stereocenters. The minimum Gasteiger partial charge on any atom is -0.478 e. The van der Waals surface area contributed by atoms with Crippen LogP contribution >= 0.6 is 0 Å². The Labute approximate surface area is 102 Å². The molecule has 0 radical (unpaired) electrons. The highest BCUT2D eigenvalue weighted by Gasteiger charge is 2.06. The summed E-state index contributed by atoms with van der Waals surface area (Å²) >= 11 is 0. The minimum absolute atomic E-state index is 0.164. The molecule has 2 aromatic rings. The van der Waals surface area contributed by atoms with E-state index >= 15 is 0 Å². The molecular formula is C10H10N6O2. The molecule has 0 aliphatic heterocycles. The number of aromatic nitrogens is 3. The average Bonchev–Trinajstić information content (AvgIpc) is 2.76. The number of benzene rings is 1. The Morgan fingerprint density at radius 3 is 2.94 bits per heavy atom. The molecule has 1 aromatic heterocycles. The first-order valence-corrected chi connectivity index (χ1v) is 4.95. The second-order valence-corrected chi connectivity index (χ2v) is 3.32. The second-order valence-electron chi connectivity index (χ2n) is 3.32. The van der Waals surface area contributed by atoms with Crippen LogP contribution in [-0.2, 0) is 0 Å². The first-order chi connectivity index (χ1) is 8.68. The fraction of sp³-hybridized carbons (Fsp3) is 0. The molecule has 2 rings (SSSR count). The number of carboxylic acid groups (broad SMARTS) is 1. The lowest BCUT2D eigenvalue weighted by molar-refractivity contribution is 0.0697. The molecule has 0 bridgehead atoms. The minimum atomic E-state index is -1.01. The van der Waals surface area contributed by atoms with Gasteiger partial charge in [-0.15, -0.1) is 10.2 Å². The van der Waals surface area contributed by atoms with Crippen molar-refractivity contribution in [3.05, 3.63) is 41.7 Å². The van der Waals surface area contributed by atoms with Crippen molar-refractivity contribution in [3.63, 3.8) is 0 Å². The predicted molar refractivity (Wildman–Crippen MR) is 64.8 cm³/mol. The van der Waals surface area contributed by atoms with Gasteiger partial charge in [0, 0.05) is 5.56 Å². The number of carboxylic acids is 1. The zero-order valence-corrected chi connectivity index (χ0v) is 9.19. The Bertz CT molecular complexity index is 592. The zero-order chi connectivity index (χ0) is 13.0. The van der Waals surface area contributed by atoms with Crippen LogP contribution in [0.15, 0.2) is 35.7 Å². The summed E-state index contributed by atoms with van der Waals surface area (Å²) in [6.07, 6.45) is 2.68. The van der Waals surface area contributed by atoms with Gasteiger partial charge in [0.2, 0.25) is 0 Å². The number of hydrazone groups is 1. The number of anilines is 1. The number of rotatable bonds is 4. The number of nitrogens with zero attached hydrogens (tertiary/aromatic N) is 4. The van der Waals surface area contributed by atoms with Crippen molar-refractivity contribution in [2.45, 2.75) is 0 Å². The number of aromatic carboxylic acids is 1. The van der Waals surface area contributed by atoms with Crippen LogP contribution < -0.4 is 11.3 Å². The van der Waals surface area contributed by atoms with Gasteiger partial charge in [0.15, 0.2) is 0 Å². The van der Waals surface area contributed by atoms with Gasteiger partial charge in [0.25, 0.3) is 5.95 Å². The van der Waals surface area contributed by atoms with Gasteiger partial charge in [-0.2, -0.15) is 5.10 Å². The SMILES string of the molecule is Nn1cnnc1NN=Cc1ccccc1C(=O)O. The lowest BCUT2D eigenvalue weighted by atomic mass is 10.1. The summed E-state index contributed by atoms with van der Waals surface area (Å²) in [5, 5.41) is 20.0. The van der Waals surface area contributed by atoms with E-state index in [1.807, 2.05) is 0 Å². The van der Waals surface area contributed by atoms with E-state index in [1.165, 1.54) is 18.6 Å². The van der Waals surface area contributed by atoms with Crippen molar-refractivity contribution in [2.75, 3.05) is 11.3 Å². The van der Waals surface area contributed by atoms with Gasteiger partial charge in [-0.3, -0.25) is 0 Å². The molecule has 8 heteroatoms. The number of nitrogens with two attached hydrogens (primary N) is 1. The highest BCUT2D eigenvalue weighted by molar-refractivity contribution is 5.98. The summed E-state index contributed by atoms with van der Waals surface area (Å²) in [7, 11) is 0. The maximum absolute atomic E-state index is 10.9. The van der Waals surface area contributed by atoms with E-state index in [1.54, 1.807) is 18.2 Å². The van der Waals surface area contributed by atoms with E-state index in [0.29, 0.717) is 5.56 Å². The summed E-state index contributed by atoms with van der Waals surface area (Å²) in [5.41, 5.74) is 3.19. The van der Waals surface area contributed by atoms with Crippen LogP contribution in [0.5, 0.6) is 0 Å². The molecule has 0 fully saturated rings. The quantitative estimate of drug-likeness (QED) is 0.401. The van der Waals surface area contributed by atoms with Crippen LogP contribution in [0.4, 0.5) is 5.95 Å². The van der Waals surface area contributed by atoms with E-state index in [-0.39, 0.29) is 11.5 Å². The van der Waals surface area contributed by atoms with Gasteiger partial charge in [-0.05, 0) is 6.07 Å². The molecular weight excluding hydrogens is 236 g/mol. The summed E-state index contributed by atoms with van der Waals surface area (Å²) in [6, 6.07) is 6.50. The molecule has 1 heterocycles. The molecule has 4 N–H and O–H groups in total. The average molecular weight is 246 g/mol. The van der Waals surface area contributed by atoms with Crippen molar-refractivity contribution < 1.29 is 9.90 Å². The molecule has 0 saturated carbocycles. The lowest BCUT2D eigenvalue weighted by Crippen LogP contribution is -2.10. The largest absolute Gasteiger partial charge is 0.478 e. The van der Waals surface area contributed by atoms with Crippen LogP contribution in [-0.4, -0.2) is 32.2 Å². The molecule has 0 aliphatic rings. The summed E-state index contributed by atoms with van der Waals surface area (Å²) in [5.74, 6) is 4.69. The molecule has 8 nitrogen and oxygen atoms in total. The molecule has 0 aliphatic carbocycles. The Hall–Kier alpha value is -2.90. The Morgan fingerprint density at radius 2 is 2.28 bits per heavy atom. The van der Waals surface area contributed by atoms with Crippen LogP contribution in [0.25, 0.3) is 0 Å². The third-order valence-electron chi connectivity index (χ3n) is 2.13. The number of hydrogen-bond donors (Lipinski definition) is 3. The second kappa shape index (κ2) is 4.95. The monoisotopic (exact) mass is 246 g/mol. The van der Waals surface area contributed by atoms with Crippen molar-refractivity contribution in [1.29, 1.82) is 0 Å². The van der Waals surface area contributed by atoms with Crippen LogP contribution in [0, 0.1) is 0 Å². The van der Waals surface area contributed by atoms with Crippen molar-refractivity contribution in [1.82, 2.24) is 14.9 Å². The van der Waals surface area contributed by atoms with Gasteiger partial charge >= 0.3 is 5.97 Å². The number of carbonyl (C=O) groups is 1. The molecule has 0 amide bonds. The third-order valence-corrected chi connectivity index (χ3v) is 2.13. The van der Waals surface area contributed by atoms with Crippen molar-refractivity contribution in [3.8, 4) is 0 Å². The Balaban J connectivity index is 2.14. The Kier molecular flexibility index (Phi) is 3.19. The van der Waals surface area contributed by atoms with Crippen molar-refractivity contribution in [2.24, 2.45) is 5.10 Å². The predicted octanol–water partition coefficient (Wildman–Crippen LogP) is 0.136. The molecule has 1 aromatic carbocycles. The lowest BCUT2D eigenvalue weighted by Gasteiger charge is -2.00. The molecule has 0 unspecified atom stereocenters. The van der Waals surface area contributed by atoms with Gasteiger partial charge < -0.3 is 10.9 Å². The van der Waals surface area contributed by atoms with E-state index < -0.39 is 5.97 Å². The highest BCUT2D eigenvalue weighted by atomic mass is 16.4. The molecule has 0 spiro atoms. The summed E-state index contributed by atoms with van der Waals surface area (Å²) in [4.78, 5) is 10.9. The van der Waals surface area contributed by atoms with Crippen LogP contribution in [0.2, 0.25) is 0 Å². The fourth-order valence-corrected chi connectivity index (χ4v) is 1.29. The zero-order valence-electron chi connectivity index (χ0n) is 9.19. The van der Waals surface area contributed by atoms with Gasteiger partial charge in [0.1, 0.15) is 6.33 Å². The van der Waals surface area contributed by atoms with Gasteiger partial charge in [-0.25, -0.2) is 14.9 Å². The fourth-order valence-electron chi connectivity index (χ4n) is 1.29. The smallest absolute Gasteiger partial charge is 0.336 e. The number of hydrogen-bond acceptors (Lipinski definition) is 6. The van der Waals surface area contributed by atoms with Crippen LogP contribution in [0.1, 0.15) is 15.9 Å². The molecule has 18 heavy (non-hydrogen) atoms. The highest BCUT2D eigenvalue weighted by Crippen LogP contribution is 2.06. The van der Waals surface area contributed by atoms with Gasteiger partial charge in [-0.1, -0.05) is 18.2 Å². The number of nitrogen functional groups attached to an aromatic ring is 1. The first-order valence-electron chi connectivity index (χ1n) is 4.95. The van der Waals surface area contributed by atoms with Crippen molar-refractivity contribution >= 4 is 18.1 Å². The third kappa shape index (κ3) is 2.43. The van der Waals surface area contributed by atoms with E-state index in [4.69, 9.17) is 10.9 Å². The van der Waals surface area contributed by atoms with E-state index in [9.17, 15) is 4.79 Å². The standard InChI is InChI=1S/C10H10N6O2/c11-16-6-13-15-10(16)14-12-5-7-3-1-2-4-8(7)9(17)18/h1-6H,11H2,(H,14,15)(H,17,18). The Morgan fingerprint density at radius 1 is 1.50 bits per heavy atom. The summed E-state index contributed by atoms with van der Waals surface area (Å²) in [6.45, 7) is 0. The topological polar surface area (TPSA) is 118 Å². The normalized spacial score (nSPS) is 10.7. The maximum atomic E-state index is 10.9. The summed E-state index contributed by atoms with van der Waals surface area (Å²) < 4.78 is 1.15. The van der Waals surface area contributed by atoms with Crippen LogP contribution in [0.3, 0.4) is 0 Å². The number of nitrogens with one attached hydrogen (secondary N) is 1. The first kappa shape index (κ1) is 11.6. The molecule has 0 saturated heterocycles. The van der Waals surface area contributed by atoms with Gasteiger partial charge in [0.05, 0.1) is 11.8 Å². The maximum Gasteiger partial charge on any atom is 0.336 e. The van der Waals surface area contributed by atoms with E-state index in [0.717, 1.165) is 4.68 Å².